The average Bonchev–Trinajstić information content (AvgIpc) is 3.32. The van der Waals surface area contributed by atoms with Gasteiger partial charge in [0.1, 0.15) is 10.8 Å². The number of carbonyl (C=O) groups is 1. The van der Waals surface area contributed by atoms with Crippen LogP contribution in [0.25, 0.3) is 15.5 Å². The topological polar surface area (TPSA) is 81.4 Å². The number of hydrogen-bond acceptors (Lipinski definition) is 6. The second-order valence-electron chi connectivity index (χ2n) is 7.62. The van der Waals surface area contributed by atoms with Crippen molar-refractivity contribution in [1.29, 1.82) is 0 Å². The van der Waals surface area contributed by atoms with Crippen molar-refractivity contribution in [3.05, 3.63) is 58.9 Å². The monoisotopic (exact) mass is 455 g/mol. The molecule has 0 aliphatic carbocycles. The van der Waals surface area contributed by atoms with Crippen molar-refractivity contribution in [2.75, 3.05) is 5.32 Å². The number of benzene rings is 2. The highest BCUT2D eigenvalue weighted by atomic mass is 35.5. The maximum Gasteiger partial charge on any atom is 0.267 e. The fourth-order valence-electron chi connectivity index (χ4n) is 3.00. The molecule has 1 amide bonds. The third-order valence-electron chi connectivity index (χ3n) is 4.84. The molecule has 0 fully saturated rings. The molecule has 0 aliphatic rings. The molecule has 0 saturated carbocycles. The first-order valence-corrected chi connectivity index (χ1v) is 11.0. The van der Waals surface area contributed by atoms with E-state index in [1.807, 2.05) is 32.0 Å². The minimum Gasteiger partial charge on any atom is -0.478 e. The Hall–Kier alpha value is -2.97. The Kier molecular flexibility index (Phi) is 5.68. The van der Waals surface area contributed by atoms with Gasteiger partial charge in [0, 0.05) is 22.7 Å². The van der Waals surface area contributed by atoms with E-state index >= 15 is 0 Å². The van der Waals surface area contributed by atoms with Gasteiger partial charge in [-0.3, -0.25) is 4.79 Å². The molecule has 0 spiro atoms. The van der Waals surface area contributed by atoms with E-state index in [-0.39, 0.29) is 5.91 Å². The molecule has 4 rings (SSSR count). The van der Waals surface area contributed by atoms with Crippen LogP contribution in [0.1, 0.15) is 32.2 Å². The number of rotatable bonds is 6. The molecule has 1 N–H and O–H groups in total. The number of amides is 1. The van der Waals surface area contributed by atoms with E-state index in [0.717, 1.165) is 33.3 Å². The van der Waals surface area contributed by atoms with Gasteiger partial charge in [-0.2, -0.15) is 9.61 Å². The van der Waals surface area contributed by atoms with E-state index in [9.17, 15) is 4.79 Å². The van der Waals surface area contributed by atoms with Crippen LogP contribution in [0.2, 0.25) is 5.02 Å². The van der Waals surface area contributed by atoms with Crippen molar-refractivity contribution in [2.24, 2.45) is 0 Å². The van der Waals surface area contributed by atoms with Crippen molar-refractivity contribution in [1.82, 2.24) is 19.8 Å². The van der Waals surface area contributed by atoms with Crippen molar-refractivity contribution >= 4 is 39.5 Å². The maximum atomic E-state index is 13.0. The summed E-state index contributed by atoms with van der Waals surface area (Å²) in [5.41, 5.74) is 1.46. The third kappa shape index (κ3) is 4.40. The van der Waals surface area contributed by atoms with E-state index in [1.54, 1.807) is 42.6 Å². The Labute approximate surface area is 189 Å². The van der Waals surface area contributed by atoms with Gasteiger partial charge < -0.3 is 10.1 Å². The Balaban J connectivity index is 1.56. The summed E-state index contributed by atoms with van der Waals surface area (Å²) in [6.07, 6.45) is 0.752. The second-order valence-corrected chi connectivity index (χ2v) is 9.01. The van der Waals surface area contributed by atoms with Gasteiger partial charge >= 0.3 is 0 Å². The number of carbonyl (C=O) groups excluding carboxylic acids is 1. The Morgan fingerprint density at radius 3 is 2.65 bits per heavy atom. The van der Waals surface area contributed by atoms with Crippen molar-refractivity contribution in [3.8, 4) is 16.3 Å². The minimum atomic E-state index is -1.08. The lowest BCUT2D eigenvalue weighted by molar-refractivity contribution is -0.128. The zero-order valence-electron chi connectivity index (χ0n) is 17.6. The summed E-state index contributed by atoms with van der Waals surface area (Å²) in [5.74, 6) is 1.13. The Morgan fingerprint density at radius 1 is 1.19 bits per heavy atom. The lowest BCUT2D eigenvalue weighted by atomic mass is 10.1. The lowest BCUT2D eigenvalue weighted by Crippen LogP contribution is -2.42. The number of anilines is 1. The summed E-state index contributed by atoms with van der Waals surface area (Å²) >= 11 is 7.38. The Morgan fingerprint density at radius 2 is 1.94 bits per heavy atom. The predicted molar refractivity (Wildman–Crippen MR) is 123 cm³/mol. The fraction of sp³-hybridized carbons (Fsp3) is 0.273. The second kappa shape index (κ2) is 8.28. The van der Waals surface area contributed by atoms with Gasteiger partial charge in [0.05, 0.1) is 0 Å². The normalized spacial score (nSPS) is 11.6. The molecule has 2 aromatic heterocycles. The summed E-state index contributed by atoms with van der Waals surface area (Å²) in [6.45, 7) is 7.42. The van der Waals surface area contributed by atoms with Crippen LogP contribution in [0.3, 0.4) is 0 Å². The van der Waals surface area contributed by atoms with E-state index in [2.05, 4.69) is 20.6 Å². The van der Waals surface area contributed by atoms with Crippen LogP contribution in [-0.2, 0) is 11.2 Å². The van der Waals surface area contributed by atoms with Crippen molar-refractivity contribution < 1.29 is 9.53 Å². The first-order valence-electron chi connectivity index (χ1n) is 9.85. The zero-order valence-corrected chi connectivity index (χ0v) is 19.2. The molecule has 31 heavy (non-hydrogen) atoms. The van der Waals surface area contributed by atoms with Gasteiger partial charge in [-0.15, -0.1) is 10.2 Å². The minimum absolute atomic E-state index is 0.255. The number of hydrogen-bond donors (Lipinski definition) is 1. The number of aromatic nitrogens is 4. The van der Waals surface area contributed by atoms with E-state index in [4.69, 9.17) is 16.3 Å². The highest BCUT2D eigenvalue weighted by Crippen LogP contribution is 2.30. The zero-order chi connectivity index (χ0) is 22.2. The Bertz CT molecular complexity index is 1250. The summed E-state index contributed by atoms with van der Waals surface area (Å²) in [6, 6.07) is 12.8. The van der Waals surface area contributed by atoms with E-state index < -0.39 is 5.60 Å². The summed E-state index contributed by atoms with van der Waals surface area (Å²) in [7, 11) is 0. The average molecular weight is 456 g/mol. The van der Waals surface area contributed by atoms with Crippen LogP contribution in [0, 0.1) is 6.92 Å². The molecule has 0 atom stereocenters. The summed E-state index contributed by atoms with van der Waals surface area (Å²) in [4.78, 5) is 13.7. The molecular weight excluding hydrogens is 434 g/mol. The third-order valence-corrected chi connectivity index (χ3v) is 6.04. The van der Waals surface area contributed by atoms with Crippen molar-refractivity contribution in [3.63, 3.8) is 0 Å². The van der Waals surface area contributed by atoms with Crippen LogP contribution in [0.4, 0.5) is 5.69 Å². The first kappa shape index (κ1) is 21.3. The van der Waals surface area contributed by atoms with Crippen molar-refractivity contribution in [2.45, 2.75) is 39.7 Å². The molecule has 7 nitrogen and oxygen atoms in total. The van der Waals surface area contributed by atoms with Crippen LogP contribution in [-0.4, -0.2) is 31.3 Å². The summed E-state index contributed by atoms with van der Waals surface area (Å²) in [5, 5.41) is 17.4. The number of nitrogens with zero attached hydrogens (tertiary/aromatic N) is 4. The van der Waals surface area contributed by atoms with E-state index in [1.165, 1.54) is 11.3 Å². The summed E-state index contributed by atoms with van der Waals surface area (Å²) < 4.78 is 7.67. The van der Waals surface area contributed by atoms with E-state index in [0.29, 0.717) is 16.5 Å². The number of ether oxygens (including phenoxy) is 1. The first-order chi connectivity index (χ1) is 14.8. The SMILES string of the molecule is CCc1nnc2sc(-c3ccc(C)c(NC(=O)C(C)(C)Oc4ccc(Cl)cc4)c3)nn12. The van der Waals surface area contributed by atoms with Gasteiger partial charge in [0.25, 0.3) is 5.91 Å². The molecule has 0 saturated heterocycles. The number of nitrogens with one attached hydrogen (secondary N) is 1. The van der Waals surface area contributed by atoms with Gasteiger partial charge in [-0.05, 0) is 56.7 Å². The van der Waals surface area contributed by atoms with Gasteiger partial charge in [0.15, 0.2) is 11.4 Å². The largest absolute Gasteiger partial charge is 0.478 e. The molecule has 0 unspecified atom stereocenters. The lowest BCUT2D eigenvalue weighted by Gasteiger charge is -2.26. The quantitative estimate of drug-likeness (QED) is 0.433. The molecule has 0 bridgehead atoms. The molecule has 9 heteroatoms. The molecule has 0 radical (unpaired) electrons. The highest BCUT2D eigenvalue weighted by molar-refractivity contribution is 7.19. The van der Waals surface area contributed by atoms with Crippen LogP contribution >= 0.6 is 22.9 Å². The number of aryl methyl sites for hydroxylation is 2. The number of fused-ring (bicyclic) bond motifs is 1. The smallest absolute Gasteiger partial charge is 0.267 e. The molecule has 0 aliphatic heterocycles. The van der Waals surface area contributed by atoms with Crippen LogP contribution < -0.4 is 10.1 Å². The molecule has 2 heterocycles. The molecule has 160 valence electrons. The fourth-order valence-corrected chi connectivity index (χ4v) is 3.98. The van der Waals surface area contributed by atoms with Crippen LogP contribution in [0.15, 0.2) is 42.5 Å². The van der Waals surface area contributed by atoms with Gasteiger partial charge in [0.2, 0.25) is 4.96 Å². The maximum absolute atomic E-state index is 13.0. The predicted octanol–water partition coefficient (Wildman–Crippen LogP) is 5.17. The molecule has 2 aromatic carbocycles. The molecule has 4 aromatic rings. The number of halogens is 1. The van der Waals surface area contributed by atoms with Gasteiger partial charge in [-0.25, -0.2) is 0 Å². The van der Waals surface area contributed by atoms with Crippen LogP contribution in [0.5, 0.6) is 5.75 Å². The molecular formula is C22H22ClN5O2S. The van der Waals surface area contributed by atoms with Gasteiger partial charge in [-0.1, -0.05) is 42.0 Å². The standard InChI is InChI=1S/C22H22ClN5O2S/c1-5-18-25-26-21-28(18)27-19(31-21)14-7-6-13(2)17(12-14)24-20(29)22(3,4)30-16-10-8-15(23)9-11-16/h6-12H,5H2,1-4H3,(H,24,29). The highest BCUT2D eigenvalue weighted by Gasteiger charge is 2.30.